The summed E-state index contributed by atoms with van der Waals surface area (Å²) in [6.07, 6.45) is -2.59. The van der Waals surface area contributed by atoms with Crippen molar-refractivity contribution in [1.29, 1.82) is 5.26 Å². The Balaban J connectivity index is 2.48. The molecule has 1 aliphatic rings. The third-order valence-electron chi connectivity index (χ3n) is 3.40. The summed E-state index contributed by atoms with van der Waals surface area (Å²) >= 11 is 0. The molecule has 0 bridgehead atoms. The van der Waals surface area contributed by atoms with Gasteiger partial charge in [0, 0.05) is 20.0 Å². The minimum atomic E-state index is -1.11. The molecule has 2 heterocycles. The molecule has 2 rings (SSSR count). The number of anilines is 1. The van der Waals surface area contributed by atoms with Gasteiger partial charge in [-0.1, -0.05) is 0 Å². The van der Waals surface area contributed by atoms with E-state index in [4.69, 9.17) is 25.2 Å². The maximum atomic E-state index is 12.1. The molecule has 128 valence electrons. The highest BCUT2D eigenvalue weighted by Crippen LogP contribution is 2.33. The van der Waals surface area contributed by atoms with E-state index in [1.165, 1.54) is 13.8 Å². The molecule has 24 heavy (non-hydrogen) atoms. The summed E-state index contributed by atoms with van der Waals surface area (Å²) in [5.74, 6) is -1.45. The maximum Gasteiger partial charge on any atom is 0.351 e. The molecule has 1 saturated heterocycles. The fraction of sp³-hybridized carbons (Fsp3) is 0.500. The number of aromatic nitrogens is 2. The lowest BCUT2D eigenvalue weighted by atomic mass is 10.1. The first-order chi connectivity index (χ1) is 11.2. The third-order valence-corrected chi connectivity index (χ3v) is 3.40. The Bertz CT molecular complexity index is 768. The van der Waals surface area contributed by atoms with Crippen LogP contribution >= 0.6 is 0 Å². The summed E-state index contributed by atoms with van der Waals surface area (Å²) in [7, 11) is 0. The lowest BCUT2D eigenvalue weighted by Crippen LogP contribution is -2.40. The van der Waals surface area contributed by atoms with Crippen molar-refractivity contribution in [3.05, 3.63) is 22.2 Å². The van der Waals surface area contributed by atoms with Gasteiger partial charge in [-0.25, -0.2) is 4.79 Å². The minimum absolute atomic E-state index is 0.0386. The highest BCUT2D eigenvalue weighted by Gasteiger charge is 2.48. The van der Waals surface area contributed by atoms with Crippen molar-refractivity contribution < 1.29 is 23.8 Å². The number of carbonyl (C=O) groups is 2. The first-order valence-corrected chi connectivity index (χ1v) is 7.03. The van der Waals surface area contributed by atoms with Crippen molar-refractivity contribution >= 4 is 17.8 Å². The van der Waals surface area contributed by atoms with Crippen molar-refractivity contribution in [2.75, 3.05) is 5.73 Å². The van der Waals surface area contributed by atoms with Crippen LogP contribution in [0, 0.1) is 11.3 Å². The number of hydrogen-bond donors (Lipinski definition) is 1. The van der Waals surface area contributed by atoms with Crippen molar-refractivity contribution in [3.63, 3.8) is 0 Å². The molecule has 1 aromatic heterocycles. The van der Waals surface area contributed by atoms with Gasteiger partial charge in [0.15, 0.2) is 18.4 Å². The second-order valence-corrected chi connectivity index (χ2v) is 5.22. The Kier molecular flexibility index (Phi) is 4.85. The van der Waals surface area contributed by atoms with Crippen molar-refractivity contribution in [2.45, 2.75) is 45.3 Å². The summed E-state index contributed by atoms with van der Waals surface area (Å²) in [5, 5.41) is 9.03. The van der Waals surface area contributed by atoms with Gasteiger partial charge in [-0.3, -0.25) is 14.2 Å². The number of nitrogens with zero attached hydrogens (tertiary/aromatic N) is 3. The Morgan fingerprint density at radius 1 is 1.33 bits per heavy atom. The standard InChI is InChI=1S/C14H16N4O6/c1-6-10(23-7(2)19)11(24-8(3)20)13(22-6)18-5-9(4-15)12(16)17-14(18)21/h5-6,10-11,13H,1-3H3,(H2,16,17,21)/t6-,10-,11-,13-/m1/s1. The van der Waals surface area contributed by atoms with E-state index in [1.807, 2.05) is 0 Å². The Labute approximate surface area is 136 Å². The van der Waals surface area contributed by atoms with Crippen molar-refractivity contribution in [2.24, 2.45) is 0 Å². The van der Waals surface area contributed by atoms with E-state index in [1.54, 1.807) is 13.0 Å². The van der Waals surface area contributed by atoms with Crippen LogP contribution in [0.1, 0.15) is 32.6 Å². The SMILES string of the molecule is CC(=O)O[C@@H]1[C@H](OC(C)=O)[C@@H](C)O[C@H]1n1cc(C#N)c(N)nc1=O. The van der Waals surface area contributed by atoms with Gasteiger partial charge in [-0.2, -0.15) is 10.2 Å². The van der Waals surface area contributed by atoms with E-state index in [0.717, 1.165) is 10.8 Å². The molecule has 4 atom stereocenters. The van der Waals surface area contributed by atoms with Crippen molar-refractivity contribution in [3.8, 4) is 6.07 Å². The molecule has 0 amide bonds. The fourth-order valence-corrected chi connectivity index (χ4v) is 2.45. The van der Waals surface area contributed by atoms with Gasteiger partial charge < -0.3 is 19.9 Å². The van der Waals surface area contributed by atoms with Gasteiger partial charge in [0.05, 0.1) is 6.10 Å². The summed E-state index contributed by atoms with van der Waals surface area (Å²) in [5.41, 5.74) is 4.67. The van der Waals surface area contributed by atoms with Crippen LogP contribution in [0.2, 0.25) is 0 Å². The van der Waals surface area contributed by atoms with E-state index in [9.17, 15) is 14.4 Å². The predicted molar refractivity (Wildman–Crippen MR) is 78.3 cm³/mol. The van der Waals surface area contributed by atoms with Gasteiger partial charge in [-0.05, 0) is 6.92 Å². The lowest BCUT2D eigenvalue weighted by Gasteiger charge is -2.23. The number of ether oxygens (including phenoxy) is 3. The molecule has 2 N–H and O–H groups in total. The monoisotopic (exact) mass is 336 g/mol. The Morgan fingerprint density at radius 3 is 2.46 bits per heavy atom. The van der Waals surface area contributed by atoms with E-state index in [2.05, 4.69) is 4.98 Å². The van der Waals surface area contributed by atoms with E-state index < -0.39 is 42.2 Å². The molecular weight excluding hydrogens is 320 g/mol. The number of hydrogen-bond acceptors (Lipinski definition) is 9. The number of rotatable bonds is 3. The largest absolute Gasteiger partial charge is 0.456 e. The molecule has 1 fully saturated rings. The highest BCUT2D eigenvalue weighted by molar-refractivity contribution is 5.67. The van der Waals surface area contributed by atoms with Crippen LogP contribution in [-0.4, -0.2) is 39.8 Å². The first-order valence-electron chi connectivity index (χ1n) is 7.03. The second-order valence-electron chi connectivity index (χ2n) is 5.22. The lowest BCUT2D eigenvalue weighted by molar-refractivity contribution is -0.165. The van der Waals surface area contributed by atoms with Crippen LogP contribution in [-0.2, 0) is 23.8 Å². The van der Waals surface area contributed by atoms with Crippen molar-refractivity contribution in [1.82, 2.24) is 9.55 Å². The maximum absolute atomic E-state index is 12.1. The first kappa shape index (κ1) is 17.4. The van der Waals surface area contributed by atoms with Crippen LogP contribution in [0.4, 0.5) is 5.82 Å². The summed E-state index contributed by atoms with van der Waals surface area (Å²) in [4.78, 5) is 38.3. The zero-order valence-electron chi connectivity index (χ0n) is 13.3. The summed E-state index contributed by atoms with van der Waals surface area (Å²) in [6.45, 7) is 3.98. The molecule has 10 nitrogen and oxygen atoms in total. The molecular formula is C14H16N4O6. The number of nitrogen functional groups attached to an aromatic ring is 1. The zero-order chi connectivity index (χ0) is 18.0. The van der Waals surface area contributed by atoms with E-state index in [0.29, 0.717) is 0 Å². The molecule has 0 unspecified atom stereocenters. The normalized spacial score (nSPS) is 25.8. The van der Waals surface area contributed by atoms with Gasteiger partial charge in [-0.15, -0.1) is 0 Å². The molecule has 10 heteroatoms. The highest BCUT2D eigenvalue weighted by atomic mass is 16.6. The number of nitriles is 1. The van der Waals surface area contributed by atoms with Gasteiger partial charge in [0.2, 0.25) is 0 Å². The molecule has 1 aromatic rings. The number of esters is 2. The molecule has 0 radical (unpaired) electrons. The summed E-state index contributed by atoms with van der Waals surface area (Å²) < 4.78 is 16.9. The smallest absolute Gasteiger partial charge is 0.351 e. The molecule has 0 spiro atoms. The molecule has 0 aliphatic carbocycles. The second kappa shape index (κ2) is 6.67. The minimum Gasteiger partial charge on any atom is -0.456 e. The topological polar surface area (TPSA) is 147 Å². The summed E-state index contributed by atoms with van der Waals surface area (Å²) in [6, 6.07) is 1.80. The van der Waals surface area contributed by atoms with Crippen LogP contribution < -0.4 is 11.4 Å². The third kappa shape index (κ3) is 3.36. The van der Waals surface area contributed by atoms with Crippen LogP contribution in [0.25, 0.3) is 0 Å². The van der Waals surface area contributed by atoms with Gasteiger partial charge in [0.1, 0.15) is 17.5 Å². The number of nitrogens with two attached hydrogens (primary N) is 1. The zero-order valence-corrected chi connectivity index (χ0v) is 13.3. The fourth-order valence-electron chi connectivity index (χ4n) is 2.45. The van der Waals surface area contributed by atoms with Crippen LogP contribution in [0.15, 0.2) is 11.0 Å². The van der Waals surface area contributed by atoms with E-state index >= 15 is 0 Å². The van der Waals surface area contributed by atoms with Crippen LogP contribution in [0.5, 0.6) is 0 Å². The molecule has 0 aromatic carbocycles. The van der Waals surface area contributed by atoms with Gasteiger partial charge in [0.25, 0.3) is 0 Å². The average Bonchev–Trinajstić information content (AvgIpc) is 2.75. The predicted octanol–water partition coefficient (Wildman–Crippen LogP) is -0.522. The van der Waals surface area contributed by atoms with E-state index in [-0.39, 0.29) is 11.4 Å². The van der Waals surface area contributed by atoms with Crippen LogP contribution in [0.3, 0.4) is 0 Å². The Morgan fingerprint density at radius 2 is 1.92 bits per heavy atom. The average molecular weight is 336 g/mol. The van der Waals surface area contributed by atoms with Gasteiger partial charge >= 0.3 is 17.6 Å². The quantitative estimate of drug-likeness (QED) is 0.720. The Hall–Kier alpha value is -2.93. The molecule has 1 aliphatic heterocycles. The number of carbonyl (C=O) groups excluding carboxylic acids is 2. The molecule has 0 saturated carbocycles.